The highest BCUT2D eigenvalue weighted by Crippen LogP contribution is 2.36. The highest BCUT2D eigenvalue weighted by atomic mass is 19.3. The van der Waals surface area contributed by atoms with E-state index in [1.807, 2.05) is 0 Å². The van der Waals surface area contributed by atoms with Crippen molar-refractivity contribution in [2.24, 2.45) is 5.92 Å². The molecule has 0 aromatic carbocycles. The van der Waals surface area contributed by atoms with Crippen LogP contribution in [0.1, 0.15) is 32.1 Å². The summed E-state index contributed by atoms with van der Waals surface area (Å²) in [7, 11) is 1.42. The monoisotopic (exact) mass is 279 g/mol. The van der Waals surface area contributed by atoms with E-state index in [2.05, 4.69) is 5.32 Å². The summed E-state index contributed by atoms with van der Waals surface area (Å²) in [5, 5.41) is 11.2. The lowest BCUT2D eigenvalue weighted by Gasteiger charge is -2.28. The van der Waals surface area contributed by atoms with Crippen molar-refractivity contribution in [2.75, 3.05) is 13.7 Å². The molecule has 7 heteroatoms. The molecule has 0 saturated heterocycles. The maximum atomic E-state index is 13.2. The first kappa shape index (κ1) is 15.8. The molecule has 0 radical (unpaired) electrons. The first-order chi connectivity index (χ1) is 8.85. The second kappa shape index (κ2) is 6.79. The Morgan fingerprint density at radius 1 is 1.53 bits per heavy atom. The van der Waals surface area contributed by atoms with Crippen molar-refractivity contribution in [3.05, 3.63) is 0 Å². The van der Waals surface area contributed by atoms with Gasteiger partial charge in [-0.05, 0) is 12.8 Å². The number of carboxylic acid groups (broad SMARTS) is 1. The number of carbonyl (C=O) groups is 2. The molecule has 1 saturated carbocycles. The lowest BCUT2D eigenvalue weighted by molar-refractivity contribution is -0.144. The molecular formula is C12H19F2NO4. The van der Waals surface area contributed by atoms with E-state index < -0.39 is 36.2 Å². The zero-order chi connectivity index (χ0) is 14.5. The Balaban J connectivity index is 2.54. The normalized spacial score (nSPS) is 23.6. The predicted octanol–water partition coefficient (Wildman–Crippen LogP) is 1.42. The van der Waals surface area contributed by atoms with Crippen molar-refractivity contribution in [2.45, 2.75) is 44.1 Å². The van der Waals surface area contributed by atoms with Crippen LogP contribution in [0.3, 0.4) is 0 Å². The van der Waals surface area contributed by atoms with Crippen LogP contribution in [-0.2, 0) is 14.3 Å². The molecule has 1 rings (SSSR count). The van der Waals surface area contributed by atoms with E-state index in [4.69, 9.17) is 9.84 Å². The average Bonchev–Trinajstić information content (AvgIpc) is 2.32. The Labute approximate surface area is 110 Å². The number of carbonyl (C=O) groups excluding carboxylic acids is 1. The summed E-state index contributed by atoms with van der Waals surface area (Å²) in [5.74, 6) is -5.44. The maximum absolute atomic E-state index is 13.2. The third-order valence-electron chi connectivity index (χ3n) is 3.24. The summed E-state index contributed by atoms with van der Waals surface area (Å²) >= 11 is 0. The quantitative estimate of drug-likeness (QED) is 0.771. The van der Waals surface area contributed by atoms with Gasteiger partial charge in [0.25, 0.3) is 0 Å². The first-order valence-corrected chi connectivity index (χ1v) is 6.25. The van der Waals surface area contributed by atoms with E-state index in [9.17, 15) is 18.4 Å². The molecule has 0 aromatic rings. The topological polar surface area (TPSA) is 75.6 Å². The highest BCUT2D eigenvalue weighted by Gasteiger charge is 2.39. The fourth-order valence-electron chi connectivity index (χ4n) is 2.18. The van der Waals surface area contributed by atoms with E-state index >= 15 is 0 Å². The summed E-state index contributed by atoms with van der Waals surface area (Å²) in [6, 6.07) is -1.09. The number of aliphatic carboxylic acids is 1. The summed E-state index contributed by atoms with van der Waals surface area (Å²) in [5.41, 5.74) is 0. The number of nitrogens with one attached hydrogen (secondary N) is 1. The molecule has 2 N–H and O–H groups in total. The molecule has 1 amide bonds. The van der Waals surface area contributed by atoms with Crippen molar-refractivity contribution in [1.82, 2.24) is 5.32 Å². The molecule has 2 atom stereocenters. The summed E-state index contributed by atoms with van der Waals surface area (Å²) < 4.78 is 31.1. The number of amides is 1. The molecular weight excluding hydrogens is 260 g/mol. The number of carboxylic acids is 1. The van der Waals surface area contributed by atoms with E-state index in [-0.39, 0.29) is 25.9 Å². The minimum Gasteiger partial charge on any atom is -0.480 e. The Morgan fingerprint density at radius 2 is 2.21 bits per heavy atom. The van der Waals surface area contributed by atoms with E-state index in [1.54, 1.807) is 0 Å². The number of hydrogen-bond donors (Lipinski definition) is 2. The van der Waals surface area contributed by atoms with E-state index in [0.29, 0.717) is 6.42 Å². The van der Waals surface area contributed by atoms with Crippen LogP contribution in [0.15, 0.2) is 0 Å². The van der Waals surface area contributed by atoms with Crippen molar-refractivity contribution < 1.29 is 28.2 Å². The molecule has 2 unspecified atom stereocenters. The van der Waals surface area contributed by atoms with Crippen LogP contribution < -0.4 is 5.32 Å². The number of hydrogen-bond acceptors (Lipinski definition) is 3. The molecule has 0 aliphatic heterocycles. The van der Waals surface area contributed by atoms with Gasteiger partial charge in [-0.2, -0.15) is 0 Å². The zero-order valence-electron chi connectivity index (χ0n) is 10.8. The number of alkyl halides is 2. The van der Waals surface area contributed by atoms with Crippen LogP contribution in [0.5, 0.6) is 0 Å². The second-order valence-corrected chi connectivity index (χ2v) is 4.83. The molecule has 1 aliphatic carbocycles. The molecule has 5 nitrogen and oxygen atoms in total. The fraction of sp³-hybridized carbons (Fsp3) is 0.833. The third kappa shape index (κ3) is 5.10. The number of halogens is 2. The van der Waals surface area contributed by atoms with Gasteiger partial charge in [-0.1, -0.05) is 0 Å². The molecule has 110 valence electrons. The van der Waals surface area contributed by atoms with Gasteiger partial charge in [-0.15, -0.1) is 0 Å². The van der Waals surface area contributed by atoms with Crippen molar-refractivity contribution in [3.63, 3.8) is 0 Å². The van der Waals surface area contributed by atoms with Gasteiger partial charge in [-0.25, -0.2) is 13.6 Å². The Morgan fingerprint density at radius 3 is 2.74 bits per heavy atom. The van der Waals surface area contributed by atoms with Gasteiger partial charge in [0.15, 0.2) is 0 Å². The predicted molar refractivity (Wildman–Crippen MR) is 63.0 cm³/mol. The molecule has 0 bridgehead atoms. The van der Waals surface area contributed by atoms with Gasteiger partial charge < -0.3 is 15.2 Å². The van der Waals surface area contributed by atoms with Crippen LogP contribution in [0.2, 0.25) is 0 Å². The van der Waals surface area contributed by atoms with Gasteiger partial charge >= 0.3 is 5.97 Å². The zero-order valence-corrected chi connectivity index (χ0v) is 10.8. The number of rotatable bonds is 6. The van der Waals surface area contributed by atoms with Gasteiger partial charge in [-0.3, -0.25) is 4.79 Å². The molecule has 19 heavy (non-hydrogen) atoms. The van der Waals surface area contributed by atoms with Crippen LogP contribution >= 0.6 is 0 Å². The second-order valence-electron chi connectivity index (χ2n) is 4.83. The average molecular weight is 279 g/mol. The first-order valence-electron chi connectivity index (χ1n) is 6.25. The third-order valence-corrected chi connectivity index (χ3v) is 3.24. The largest absolute Gasteiger partial charge is 0.480 e. The molecule has 1 fully saturated rings. The van der Waals surface area contributed by atoms with Gasteiger partial charge in [0.2, 0.25) is 11.8 Å². The van der Waals surface area contributed by atoms with Crippen LogP contribution in [0, 0.1) is 5.92 Å². The smallest absolute Gasteiger partial charge is 0.326 e. The summed E-state index contributed by atoms with van der Waals surface area (Å²) in [6.45, 7) is 0.179. The lowest BCUT2D eigenvalue weighted by atomic mass is 9.86. The minimum absolute atomic E-state index is 0.112. The Hall–Kier alpha value is -1.24. The van der Waals surface area contributed by atoms with E-state index in [1.165, 1.54) is 7.11 Å². The summed E-state index contributed by atoms with van der Waals surface area (Å²) in [6.07, 6.45) is 0.0535. The SMILES string of the molecule is COCCC(NC(=O)C1CCCC(F)(F)C1)C(=O)O. The number of ether oxygens (including phenoxy) is 1. The molecule has 0 heterocycles. The van der Waals surface area contributed by atoms with Crippen LogP contribution in [0.4, 0.5) is 8.78 Å². The summed E-state index contributed by atoms with van der Waals surface area (Å²) in [4.78, 5) is 22.7. The van der Waals surface area contributed by atoms with Crippen LogP contribution in [-0.4, -0.2) is 42.7 Å². The fourth-order valence-corrected chi connectivity index (χ4v) is 2.18. The standard InChI is InChI=1S/C12H19F2NO4/c1-19-6-4-9(11(17)18)15-10(16)8-3-2-5-12(13,14)7-8/h8-9H,2-7H2,1H3,(H,15,16)(H,17,18). The highest BCUT2D eigenvalue weighted by molar-refractivity contribution is 5.85. The minimum atomic E-state index is -2.83. The lowest BCUT2D eigenvalue weighted by Crippen LogP contribution is -2.46. The Bertz CT molecular complexity index is 336. The number of methoxy groups -OCH3 is 1. The maximum Gasteiger partial charge on any atom is 0.326 e. The molecule has 0 spiro atoms. The van der Waals surface area contributed by atoms with Crippen molar-refractivity contribution >= 4 is 11.9 Å². The van der Waals surface area contributed by atoms with Crippen LogP contribution in [0.25, 0.3) is 0 Å². The van der Waals surface area contributed by atoms with E-state index in [0.717, 1.165) is 0 Å². The van der Waals surface area contributed by atoms with Gasteiger partial charge in [0, 0.05) is 38.9 Å². The molecule has 1 aliphatic rings. The van der Waals surface area contributed by atoms with Gasteiger partial charge in [0.1, 0.15) is 6.04 Å². The van der Waals surface area contributed by atoms with Crippen molar-refractivity contribution in [1.29, 1.82) is 0 Å². The molecule has 0 aromatic heterocycles. The Kier molecular flexibility index (Phi) is 5.65. The van der Waals surface area contributed by atoms with Gasteiger partial charge in [0.05, 0.1) is 0 Å². The van der Waals surface area contributed by atoms with Crippen molar-refractivity contribution in [3.8, 4) is 0 Å².